The van der Waals surface area contributed by atoms with Gasteiger partial charge in [-0.05, 0) is 70.6 Å². The van der Waals surface area contributed by atoms with Crippen molar-refractivity contribution in [2.75, 3.05) is 41.0 Å². The Bertz CT molecular complexity index is 1200. The first-order chi connectivity index (χ1) is 27.6. The lowest BCUT2D eigenvalue weighted by molar-refractivity contribution is -0.887. The van der Waals surface area contributed by atoms with E-state index < -0.39 is 18.1 Å². The minimum absolute atomic E-state index is 0.0447. The molecule has 0 aliphatic carbocycles. The van der Waals surface area contributed by atoms with Crippen molar-refractivity contribution in [1.29, 1.82) is 0 Å². The molecule has 1 N–H and O–H groups in total. The third-order valence-corrected chi connectivity index (χ3v) is 9.35. The van der Waals surface area contributed by atoms with Crippen LogP contribution in [0, 0.1) is 0 Å². The molecule has 0 bridgehead atoms. The average Bonchev–Trinajstić information content (AvgIpc) is 3.17. The SMILES string of the molecule is CC/C=C/C=C/C=C/CCCCCCCC(=O)OCC(COCCC(C(=O)O)[N+](C)(C)C)OC(=O)CCCCCCCCC/C=C/C/C=C/C/C=C/C/C=C/CC. The summed E-state index contributed by atoms with van der Waals surface area (Å²) in [5.74, 6) is -1.52. The largest absolute Gasteiger partial charge is 0.477 e. The predicted molar refractivity (Wildman–Crippen MR) is 238 cm³/mol. The van der Waals surface area contributed by atoms with Crippen LogP contribution >= 0.6 is 0 Å². The Balaban J connectivity index is 4.38. The number of aliphatic carboxylic acids is 1. The molecule has 0 aliphatic heterocycles. The summed E-state index contributed by atoms with van der Waals surface area (Å²) in [5.41, 5.74) is 0. The number of carbonyl (C=O) groups excluding carboxylic acids is 2. The van der Waals surface area contributed by atoms with Gasteiger partial charge in [-0.3, -0.25) is 9.59 Å². The topological polar surface area (TPSA) is 99.1 Å². The summed E-state index contributed by atoms with van der Waals surface area (Å²) in [5, 5.41) is 9.62. The van der Waals surface area contributed by atoms with Gasteiger partial charge in [-0.1, -0.05) is 150 Å². The summed E-state index contributed by atoms with van der Waals surface area (Å²) in [7, 11) is 5.50. The summed E-state index contributed by atoms with van der Waals surface area (Å²) >= 11 is 0. The Kier molecular flexibility index (Phi) is 36.9. The van der Waals surface area contributed by atoms with Gasteiger partial charge in [0.1, 0.15) is 6.61 Å². The van der Waals surface area contributed by atoms with Crippen LogP contribution in [0.2, 0.25) is 0 Å². The quantitative estimate of drug-likeness (QED) is 0.0218. The van der Waals surface area contributed by atoms with Crippen molar-refractivity contribution in [2.45, 2.75) is 167 Å². The molecule has 0 aromatic carbocycles. The van der Waals surface area contributed by atoms with Crippen LogP contribution in [-0.2, 0) is 28.6 Å². The zero-order valence-corrected chi connectivity index (χ0v) is 36.8. The number of hydrogen-bond donors (Lipinski definition) is 1. The molecule has 0 rings (SSSR count). The van der Waals surface area contributed by atoms with Crippen LogP contribution in [0.15, 0.2) is 85.1 Å². The van der Waals surface area contributed by atoms with Crippen molar-refractivity contribution in [3.63, 3.8) is 0 Å². The second-order valence-electron chi connectivity index (χ2n) is 15.6. The smallest absolute Gasteiger partial charge is 0.362 e. The summed E-state index contributed by atoms with van der Waals surface area (Å²) in [6.45, 7) is 4.44. The zero-order chi connectivity index (χ0) is 42.1. The molecule has 0 radical (unpaired) electrons. The Hall–Kier alpha value is -3.49. The number of esters is 2. The van der Waals surface area contributed by atoms with Gasteiger partial charge in [0.05, 0.1) is 34.4 Å². The van der Waals surface area contributed by atoms with E-state index >= 15 is 0 Å². The molecular weight excluding hydrogens is 715 g/mol. The summed E-state index contributed by atoms with van der Waals surface area (Å²) in [6.07, 6.45) is 50.5. The van der Waals surface area contributed by atoms with E-state index in [0.717, 1.165) is 103 Å². The highest BCUT2D eigenvalue weighted by atomic mass is 16.6. The van der Waals surface area contributed by atoms with Crippen molar-refractivity contribution < 1.29 is 38.2 Å². The third kappa shape index (κ3) is 37.8. The summed E-state index contributed by atoms with van der Waals surface area (Å²) < 4.78 is 17.2. The molecule has 0 aromatic rings. The van der Waals surface area contributed by atoms with Crippen LogP contribution in [0.25, 0.3) is 0 Å². The molecule has 0 heterocycles. The van der Waals surface area contributed by atoms with Crippen LogP contribution in [0.4, 0.5) is 0 Å². The number of unbranched alkanes of at least 4 members (excludes halogenated alkanes) is 12. The Morgan fingerprint density at radius 2 is 1.02 bits per heavy atom. The monoisotopic (exact) mass is 797 g/mol. The fourth-order valence-corrected chi connectivity index (χ4v) is 5.96. The van der Waals surface area contributed by atoms with E-state index in [2.05, 4.69) is 92.8 Å². The van der Waals surface area contributed by atoms with Crippen molar-refractivity contribution >= 4 is 17.9 Å². The number of ether oxygens (including phenoxy) is 3. The van der Waals surface area contributed by atoms with Gasteiger partial charge in [0.25, 0.3) is 0 Å². The first kappa shape index (κ1) is 53.5. The molecule has 0 amide bonds. The van der Waals surface area contributed by atoms with E-state index in [4.69, 9.17) is 14.2 Å². The normalized spacial score (nSPS) is 13.8. The van der Waals surface area contributed by atoms with E-state index in [1.807, 2.05) is 27.2 Å². The van der Waals surface area contributed by atoms with Crippen LogP contribution < -0.4 is 0 Å². The molecule has 0 fully saturated rings. The highest BCUT2D eigenvalue weighted by Crippen LogP contribution is 2.13. The standard InChI is InChI=1S/C49H81NO7/c1-6-8-10-12-14-16-18-20-21-22-23-24-25-26-28-30-32-34-36-38-40-48(52)57-45(43-55-42-41-46(49(53)54)50(3,4)5)44-56-47(51)39-37-35-33-31-29-27-19-17-15-13-11-9-7-2/h8-11,13-17,19-21,23-24,45-46H,6-7,12,18,22,25-44H2,1-5H3/p+1/b10-8+,11-9+,15-13+,16-14+,19-17+,21-20+,24-23+. The second kappa shape index (κ2) is 39.3. The number of carbonyl (C=O) groups is 3. The maximum absolute atomic E-state index is 12.7. The van der Waals surface area contributed by atoms with E-state index in [1.165, 1.54) is 19.3 Å². The van der Waals surface area contributed by atoms with Gasteiger partial charge in [-0.2, -0.15) is 0 Å². The van der Waals surface area contributed by atoms with Gasteiger partial charge in [-0.15, -0.1) is 0 Å². The maximum Gasteiger partial charge on any atom is 0.362 e. The number of nitrogens with zero attached hydrogens (tertiary/aromatic N) is 1. The number of quaternary nitrogens is 1. The molecule has 8 nitrogen and oxygen atoms in total. The van der Waals surface area contributed by atoms with Crippen molar-refractivity contribution in [3.8, 4) is 0 Å². The molecule has 0 spiro atoms. The first-order valence-corrected chi connectivity index (χ1v) is 22.2. The molecular formula is C49H82NO7+. The number of rotatable bonds is 38. The number of allylic oxidation sites excluding steroid dienone is 14. The first-order valence-electron chi connectivity index (χ1n) is 22.2. The lowest BCUT2D eigenvalue weighted by Crippen LogP contribution is -2.50. The van der Waals surface area contributed by atoms with Gasteiger partial charge in [-0.25, -0.2) is 4.79 Å². The number of carboxylic acids is 1. The number of likely N-dealkylation sites (N-methyl/N-ethyl adjacent to an activating group) is 1. The lowest BCUT2D eigenvalue weighted by Gasteiger charge is -2.31. The van der Waals surface area contributed by atoms with Crippen LogP contribution in [-0.4, -0.2) is 80.6 Å². The van der Waals surface area contributed by atoms with Crippen LogP contribution in [0.1, 0.15) is 155 Å². The van der Waals surface area contributed by atoms with E-state index in [0.29, 0.717) is 19.3 Å². The van der Waals surface area contributed by atoms with Crippen LogP contribution in [0.3, 0.4) is 0 Å². The van der Waals surface area contributed by atoms with E-state index in [1.54, 1.807) is 0 Å². The Morgan fingerprint density at radius 1 is 0.544 bits per heavy atom. The van der Waals surface area contributed by atoms with Crippen molar-refractivity contribution in [2.24, 2.45) is 0 Å². The third-order valence-electron chi connectivity index (χ3n) is 9.35. The number of hydrogen-bond acceptors (Lipinski definition) is 6. The maximum atomic E-state index is 12.7. The number of carboxylic acid groups (broad SMARTS) is 1. The Labute approximate surface area is 348 Å². The zero-order valence-electron chi connectivity index (χ0n) is 36.8. The molecule has 2 atom stereocenters. The molecule has 0 saturated heterocycles. The fourth-order valence-electron chi connectivity index (χ4n) is 5.96. The van der Waals surface area contributed by atoms with Crippen molar-refractivity contribution in [3.05, 3.63) is 85.1 Å². The second-order valence-corrected chi connectivity index (χ2v) is 15.6. The minimum atomic E-state index is -0.884. The fraction of sp³-hybridized carbons (Fsp3) is 0.653. The molecule has 2 unspecified atom stereocenters. The summed E-state index contributed by atoms with van der Waals surface area (Å²) in [4.78, 5) is 37.0. The van der Waals surface area contributed by atoms with Gasteiger partial charge in [0, 0.05) is 19.3 Å². The molecule has 324 valence electrons. The molecule has 57 heavy (non-hydrogen) atoms. The lowest BCUT2D eigenvalue weighted by atomic mass is 10.1. The summed E-state index contributed by atoms with van der Waals surface area (Å²) in [6, 6.07) is -0.624. The highest BCUT2D eigenvalue weighted by molar-refractivity contribution is 5.72. The van der Waals surface area contributed by atoms with Gasteiger partial charge < -0.3 is 23.8 Å². The van der Waals surface area contributed by atoms with Gasteiger partial charge in [0.2, 0.25) is 0 Å². The van der Waals surface area contributed by atoms with E-state index in [-0.39, 0.29) is 36.2 Å². The highest BCUT2D eigenvalue weighted by Gasteiger charge is 2.31. The molecule has 0 saturated carbocycles. The van der Waals surface area contributed by atoms with Crippen molar-refractivity contribution in [1.82, 2.24) is 0 Å². The van der Waals surface area contributed by atoms with Crippen LogP contribution in [0.5, 0.6) is 0 Å². The van der Waals surface area contributed by atoms with Gasteiger partial charge >= 0.3 is 17.9 Å². The molecule has 0 aliphatic rings. The molecule has 0 aromatic heterocycles. The Morgan fingerprint density at radius 3 is 1.56 bits per heavy atom. The minimum Gasteiger partial charge on any atom is -0.477 e. The average molecular weight is 797 g/mol. The van der Waals surface area contributed by atoms with E-state index in [9.17, 15) is 19.5 Å². The molecule has 8 heteroatoms. The van der Waals surface area contributed by atoms with Gasteiger partial charge in [0.15, 0.2) is 12.1 Å². The predicted octanol–water partition coefficient (Wildman–Crippen LogP) is 12.1.